The molecule has 3 N–H and O–H groups in total. The minimum Gasteiger partial charge on any atom is -0.548 e. The highest BCUT2D eigenvalue weighted by Gasteiger charge is 2.47. The Balaban J connectivity index is 1.95. The lowest BCUT2D eigenvalue weighted by atomic mass is 9.84. The molecule has 2 rings (SSSR count). The summed E-state index contributed by atoms with van der Waals surface area (Å²) in [6, 6.07) is -1.28. The fourth-order valence-electron chi connectivity index (χ4n) is 8.62. The van der Waals surface area contributed by atoms with Crippen molar-refractivity contribution in [2.24, 2.45) is 29.6 Å². The summed E-state index contributed by atoms with van der Waals surface area (Å²) >= 11 is 0. The Bertz CT molecular complexity index is 1350. The molecular formula is C46H76NO10-. The second-order valence-electron chi connectivity index (χ2n) is 17.5. The van der Waals surface area contributed by atoms with Crippen molar-refractivity contribution in [2.75, 3.05) is 20.8 Å². The van der Waals surface area contributed by atoms with Crippen LogP contribution in [0.15, 0.2) is 35.5 Å². The third-order valence-corrected chi connectivity index (χ3v) is 12.2. The van der Waals surface area contributed by atoms with E-state index in [0.29, 0.717) is 43.6 Å². The summed E-state index contributed by atoms with van der Waals surface area (Å²) in [6.45, 7) is 12.0. The zero-order valence-electron chi connectivity index (χ0n) is 36.4. The smallest absolute Gasteiger partial charge is 0.296 e. The molecule has 9 atom stereocenters. The average Bonchev–Trinajstić information content (AvgIpc) is 3.17. The molecule has 1 amide bonds. The van der Waals surface area contributed by atoms with E-state index >= 15 is 0 Å². The van der Waals surface area contributed by atoms with Crippen LogP contribution in [0.25, 0.3) is 0 Å². The van der Waals surface area contributed by atoms with Crippen molar-refractivity contribution in [3.63, 3.8) is 0 Å². The minimum absolute atomic E-state index is 0.0332. The first-order valence-electron chi connectivity index (χ1n) is 21.7. The fraction of sp³-hybridized carbons (Fsp3) is 0.783. The average molecular weight is 803 g/mol. The highest BCUT2D eigenvalue weighted by Crippen LogP contribution is 2.31. The van der Waals surface area contributed by atoms with Gasteiger partial charge in [0.05, 0.1) is 30.3 Å². The standard InChI is InChI=1S/C46H77NO10/c1-9-10-11-12-19-37(42(49)30-41(48)34(5)25-33(4)26-36-18-16-21-39(29-36)57-8)27-32(3)24-31(2)17-15-20-38(56-7)28-35(6)46(54,55)43(50)44(51)47-23-14-13-22-40(47)45(52)53/h11-12,26-27,31,34-41,48,54-55H,9-10,13-25,28-30H2,1-8H3,(H,52,53)/p-1/b12-11+,32-27-,33-26+/t31-,34+,35?,36?,37+,38-,39?,40?,41?/m1/s1. The van der Waals surface area contributed by atoms with Gasteiger partial charge in [0.2, 0.25) is 5.79 Å². The van der Waals surface area contributed by atoms with Crippen LogP contribution < -0.4 is 5.11 Å². The number of carbonyl (C=O) groups is 4. The molecule has 326 valence electrons. The highest BCUT2D eigenvalue weighted by atomic mass is 16.5. The Labute approximate surface area is 343 Å². The number of methoxy groups -OCH3 is 2. The molecular weight excluding hydrogens is 727 g/mol. The van der Waals surface area contributed by atoms with Crippen LogP contribution in [0, 0.1) is 29.6 Å². The van der Waals surface area contributed by atoms with E-state index in [1.807, 2.05) is 6.92 Å². The predicted molar refractivity (Wildman–Crippen MR) is 221 cm³/mol. The minimum atomic E-state index is -2.98. The molecule has 0 spiro atoms. The third-order valence-electron chi connectivity index (χ3n) is 12.2. The molecule has 1 aliphatic heterocycles. The lowest BCUT2D eigenvalue weighted by Gasteiger charge is -2.37. The number of ether oxygens (including phenoxy) is 2. The second kappa shape index (κ2) is 25.7. The van der Waals surface area contributed by atoms with E-state index in [9.17, 15) is 39.6 Å². The summed E-state index contributed by atoms with van der Waals surface area (Å²) in [6.07, 6.45) is 20.1. The molecule has 1 aliphatic carbocycles. The maximum atomic E-state index is 13.7. The number of hydrogen-bond donors (Lipinski definition) is 3. The number of piperidine rings is 1. The Hall–Kier alpha value is -2.70. The summed E-state index contributed by atoms with van der Waals surface area (Å²) < 4.78 is 11.2. The van der Waals surface area contributed by atoms with Gasteiger partial charge in [-0.2, -0.15) is 0 Å². The number of carboxylic acids is 1. The van der Waals surface area contributed by atoms with Gasteiger partial charge in [-0.15, -0.1) is 0 Å². The SMILES string of the molecule is CCC/C=C/C[C@@H](/C=C(/C)C[C@H](C)CCC[C@H](CC(C)C(O)(O)C(=O)C(=O)N1CCCCC1C(=O)[O-])OC)C(=O)CC(O)[C@@H](C)C/C(C)=C/C1CCCC(OC)C1. The molecule has 0 aromatic carbocycles. The maximum absolute atomic E-state index is 13.7. The van der Waals surface area contributed by atoms with Gasteiger partial charge in [-0.3, -0.25) is 14.4 Å². The van der Waals surface area contributed by atoms with E-state index in [0.717, 1.165) is 68.3 Å². The van der Waals surface area contributed by atoms with E-state index in [-0.39, 0.29) is 43.4 Å². The van der Waals surface area contributed by atoms with E-state index in [1.165, 1.54) is 26.0 Å². The van der Waals surface area contributed by atoms with Crippen molar-refractivity contribution in [3.8, 4) is 0 Å². The lowest BCUT2D eigenvalue weighted by Crippen LogP contribution is -2.59. The van der Waals surface area contributed by atoms with Crippen molar-refractivity contribution in [3.05, 3.63) is 35.5 Å². The van der Waals surface area contributed by atoms with Crippen LogP contribution in [0.5, 0.6) is 0 Å². The van der Waals surface area contributed by atoms with Crippen molar-refractivity contribution >= 4 is 23.4 Å². The molecule has 1 heterocycles. The molecule has 5 unspecified atom stereocenters. The quantitative estimate of drug-likeness (QED) is 0.0504. The number of rotatable bonds is 26. The van der Waals surface area contributed by atoms with Crippen molar-refractivity contribution in [1.29, 1.82) is 0 Å². The molecule has 1 saturated heterocycles. The molecule has 0 bridgehead atoms. The van der Waals surface area contributed by atoms with Gasteiger partial charge in [-0.05, 0) is 109 Å². The number of aliphatic carboxylic acids is 1. The van der Waals surface area contributed by atoms with Crippen LogP contribution in [0.3, 0.4) is 0 Å². The van der Waals surface area contributed by atoms with E-state index in [1.54, 1.807) is 7.11 Å². The van der Waals surface area contributed by atoms with Crippen LogP contribution >= 0.6 is 0 Å². The molecule has 11 heteroatoms. The largest absolute Gasteiger partial charge is 0.548 e. The van der Waals surface area contributed by atoms with Gasteiger partial charge in [-0.1, -0.05) is 88.8 Å². The number of aliphatic hydroxyl groups is 3. The number of amides is 1. The third kappa shape index (κ3) is 17.2. The Morgan fingerprint density at radius 1 is 0.930 bits per heavy atom. The lowest BCUT2D eigenvalue weighted by molar-refractivity contribution is -0.312. The fourth-order valence-corrected chi connectivity index (χ4v) is 8.62. The van der Waals surface area contributed by atoms with Crippen LogP contribution in [0.4, 0.5) is 0 Å². The molecule has 11 nitrogen and oxygen atoms in total. The van der Waals surface area contributed by atoms with Gasteiger partial charge in [-0.25, -0.2) is 0 Å². The normalized spacial score (nSPS) is 23.1. The Morgan fingerprint density at radius 2 is 1.65 bits per heavy atom. The van der Waals surface area contributed by atoms with Crippen molar-refractivity contribution in [2.45, 2.75) is 181 Å². The topological polar surface area (TPSA) is 174 Å². The van der Waals surface area contributed by atoms with E-state index in [2.05, 4.69) is 52.0 Å². The number of Topliss-reactive ketones (excluding diaryl/α,β-unsaturated/α-hetero) is 2. The first-order chi connectivity index (χ1) is 26.9. The van der Waals surface area contributed by atoms with E-state index < -0.39 is 47.6 Å². The summed E-state index contributed by atoms with van der Waals surface area (Å²) in [7, 11) is 3.30. The summed E-state index contributed by atoms with van der Waals surface area (Å²) in [5, 5.41) is 44.3. The zero-order chi connectivity index (χ0) is 42.7. The molecule has 2 fully saturated rings. The number of hydrogen-bond acceptors (Lipinski definition) is 10. The molecule has 0 aromatic rings. The van der Waals surface area contributed by atoms with Crippen LogP contribution in [-0.4, -0.2) is 94.6 Å². The number of nitrogens with zero attached hydrogens (tertiary/aromatic N) is 1. The maximum Gasteiger partial charge on any atom is 0.296 e. The first-order valence-corrected chi connectivity index (χ1v) is 21.7. The van der Waals surface area contributed by atoms with Gasteiger partial charge in [0.15, 0.2) is 0 Å². The number of ketones is 2. The van der Waals surface area contributed by atoms with Crippen LogP contribution in [-0.2, 0) is 28.7 Å². The number of likely N-dealkylation sites (tertiary alicyclic amines) is 1. The number of carbonyl (C=O) groups excluding carboxylic acids is 4. The van der Waals surface area contributed by atoms with Crippen LogP contribution in [0.1, 0.15) is 151 Å². The van der Waals surface area contributed by atoms with E-state index in [4.69, 9.17) is 9.47 Å². The van der Waals surface area contributed by atoms with Gasteiger partial charge < -0.3 is 39.6 Å². The summed E-state index contributed by atoms with van der Waals surface area (Å²) in [5.74, 6) is -7.69. The van der Waals surface area contributed by atoms with Crippen molar-refractivity contribution < 1.29 is 49.1 Å². The molecule has 2 aliphatic rings. The molecule has 57 heavy (non-hydrogen) atoms. The predicted octanol–water partition coefficient (Wildman–Crippen LogP) is 6.41. The number of aliphatic hydroxyl groups excluding tert-OH is 1. The van der Waals surface area contributed by atoms with Gasteiger partial charge in [0.25, 0.3) is 11.7 Å². The zero-order valence-corrected chi connectivity index (χ0v) is 36.4. The van der Waals surface area contributed by atoms with Crippen molar-refractivity contribution in [1.82, 2.24) is 4.90 Å². The second-order valence-corrected chi connectivity index (χ2v) is 17.5. The van der Waals surface area contributed by atoms with Crippen LogP contribution in [0.2, 0.25) is 0 Å². The van der Waals surface area contributed by atoms with Gasteiger partial charge in [0.1, 0.15) is 5.78 Å². The molecule has 0 aromatic heterocycles. The number of allylic oxidation sites excluding steroid dienone is 6. The summed E-state index contributed by atoms with van der Waals surface area (Å²) in [4.78, 5) is 52.0. The number of carboxylic acid groups (broad SMARTS) is 1. The molecule has 0 radical (unpaired) electrons. The summed E-state index contributed by atoms with van der Waals surface area (Å²) in [5.41, 5.74) is 2.37. The Morgan fingerprint density at radius 3 is 2.30 bits per heavy atom. The highest BCUT2D eigenvalue weighted by molar-refractivity contribution is 6.39. The van der Waals surface area contributed by atoms with Gasteiger partial charge in [0, 0.05) is 39.0 Å². The first kappa shape index (κ1) is 50.4. The number of unbranched alkanes of at least 4 members (excludes halogenated alkanes) is 1. The monoisotopic (exact) mass is 803 g/mol. The Kier molecular flexibility index (Phi) is 22.8. The van der Waals surface area contributed by atoms with Gasteiger partial charge >= 0.3 is 0 Å². The molecule has 1 saturated carbocycles.